The van der Waals surface area contributed by atoms with Gasteiger partial charge in [0.1, 0.15) is 11.3 Å². The molecule has 4 aromatic rings. The van der Waals surface area contributed by atoms with Crippen molar-refractivity contribution in [2.45, 2.75) is 20.4 Å². The summed E-state index contributed by atoms with van der Waals surface area (Å²) in [5.74, 6) is -1.16. The molecule has 2 heterocycles. The number of carbonyl (C=O) groups excluding carboxylic acids is 2. The van der Waals surface area contributed by atoms with E-state index in [4.69, 9.17) is 4.74 Å². The molecule has 0 aliphatic rings. The zero-order valence-corrected chi connectivity index (χ0v) is 17.5. The highest BCUT2D eigenvalue weighted by Gasteiger charge is 2.20. The summed E-state index contributed by atoms with van der Waals surface area (Å²) in [5.41, 5.74) is 2.41. The van der Waals surface area contributed by atoms with Gasteiger partial charge in [0.25, 0.3) is 0 Å². The molecule has 1 N–H and O–H groups in total. The van der Waals surface area contributed by atoms with Gasteiger partial charge in [0.2, 0.25) is 5.78 Å². The summed E-state index contributed by atoms with van der Waals surface area (Å²) in [6.07, 6.45) is 0. The van der Waals surface area contributed by atoms with Gasteiger partial charge in [-0.15, -0.1) is 11.3 Å². The Balaban J connectivity index is 1.48. The lowest BCUT2D eigenvalue weighted by Gasteiger charge is -2.09. The molecule has 0 spiro atoms. The standard InChI is InChI=1S/C24H21NO4S/c1-15-10-20(16(2)25(15)13-19-8-5-9-30-19)23(27)14-29-24(28)21-11-17-6-3-4-7-18(17)12-22(21)26/h3-12,26H,13-14H2,1-2H3. The molecular formula is C24H21NO4S. The van der Waals surface area contributed by atoms with Gasteiger partial charge in [-0.3, -0.25) is 4.79 Å². The second-order valence-corrected chi connectivity index (χ2v) is 8.20. The SMILES string of the molecule is Cc1cc(C(=O)COC(=O)c2cc3ccccc3cc2O)c(C)n1Cc1cccs1. The second kappa shape index (κ2) is 8.16. The number of nitrogens with zero attached hydrogens (tertiary/aromatic N) is 1. The zero-order valence-electron chi connectivity index (χ0n) is 16.7. The molecule has 30 heavy (non-hydrogen) atoms. The van der Waals surface area contributed by atoms with Crippen LogP contribution in [0, 0.1) is 13.8 Å². The molecule has 0 saturated carbocycles. The lowest BCUT2D eigenvalue weighted by molar-refractivity contribution is 0.0472. The third-order valence-electron chi connectivity index (χ3n) is 5.19. The summed E-state index contributed by atoms with van der Waals surface area (Å²) < 4.78 is 7.31. The maximum absolute atomic E-state index is 12.7. The van der Waals surface area contributed by atoms with E-state index in [1.165, 1.54) is 10.9 Å². The van der Waals surface area contributed by atoms with Crippen LogP contribution in [0.5, 0.6) is 5.75 Å². The Bertz CT molecular complexity index is 1240. The van der Waals surface area contributed by atoms with Gasteiger partial charge in [-0.2, -0.15) is 0 Å². The normalized spacial score (nSPS) is 11.0. The quantitative estimate of drug-likeness (QED) is 0.348. The monoisotopic (exact) mass is 419 g/mol. The Morgan fingerprint density at radius 1 is 1.00 bits per heavy atom. The first kappa shape index (κ1) is 19.9. The third-order valence-corrected chi connectivity index (χ3v) is 6.05. The Hall–Kier alpha value is -3.38. The maximum Gasteiger partial charge on any atom is 0.342 e. The molecule has 0 bridgehead atoms. The minimum atomic E-state index is -0.723. The summed E-state index contributed by atoms with van der Waals surface area (Å²) in [6.45, 7) is 4.17. The van der Waals surface area contributed by atoms with Crippen LogP contribution in [0.4, 0.5) is 0 Å². The van der Waals surface area contributed by atoms with E-state index in [0.717, 1.165) is 22.2 Å². The van der Waals surface area contributed by atoms with E-state index < -0.39 is 5.97 Å². The number of benzene rings is 2. The topological polar surface area (TPSA) is 68.5 Å². The number of carbonyl (C=O) groups is 2. The molecule has 5 nitrogen and oxygen atoms in total. The van der Waals surface area contributed by atoms with Gasteiger partial charge in [-0.25, -0.2) is 4.79 Å². The fraction of sp³-hybridized carbons (Fsp3) is 0.167. The van der Waals surface area contributed by atoms with Crippen LogP contribution >= 0.6 is 11.3 Å². The molecule has 6 heteroatoms. The van der Waals surface area contributed by atoms with E-state index in [0.29, 0.717) is 12.1 Å². The number of aryl methyl sites for hydroxylation is 1. The molecule has 152 valence electrons. The third kappa shape index (κ3) is 3.86. The predicted molar refractivity (Wildman–Crippen MR) is 118 cm³/mol. The Morgan fingerprint density at radius 3 is 2.43 bits per heavy atom. The van der Waals surface area contributed by atoms with Crippen molar-refractivity contribution in [2.24, 2.45) is 0 Å². The molecule has 0 radical (unpaired) electrons. The van der Waals surface area contributed by atoms with Crippen molar-refractivity contribution in [2.75, 3.05) is 6.61 Å². The lowest BCUT2D eigenvalue weighted by Crippen LogP contribution is -2.15. The Kier molecular flexibility index (Phi) is 5.42. The van der Waals surface area contributed by atoms with Crippen LogP contribution in [-0.2, 0) is 11.3 Å². The van der Waals surface area contributed by atoms with E-state index in [9.17, 15) is 14.7 Å². The average molecular weight is 420 g/mol. The number of aromatic nitrogens is 1. The fourth-order valence-corrected chi connectivity index (χ4v) is 4.26. The van der Waals surface area contributed by atoms with Gasteiger partial charge < -0.3 is 14.4 Å². The minimum Gasteiger partial charge on any atom is -0.507 e. The minimum absolute atomic E-state index is 0.0460. The number of phenolic OH excluding ortho intramolecular Hbond substituents is 1. The predicted octanol–water partition coefficient (Wildman–Crippen LogP) is 5.11. The Morgan fingerprint density at radius 2 is 1.73 bits per heavy atom. The molecule has 0 atom stereocenters. The molecular weight excluding hydrogens is 398 g/mol. The van der Waals surface area contributed by atoms with Crippen LogP contribution in [0.1, 0.15) is 37.0 Å². The van der Waals surface area contributed by atoms with Gasteiger partial charge in [0.05, 0.1) is 6.54 Å². The smallest absolute Gasteiger partial charge is 0.342 e. The second-order valence-electron chi connectivity index (χ2n) is 7.17. The number of thiophene rings is 1. The number of Topliss-reactive ketones (excluding diaryl/α,β-unsaturated/α-hetero) is 1. The largest absolute Gasteiger partial charge is 0.507 e. The highest BCUT2D eigenvalue weighted by Crippen LogP contribution is 2.26. The van der Waals surface area contributed by atoms with Gasteiger partial charge in [-0.05, 0) is 54.3 Å². The summed E-state index contributed by atoms with van der Waals surface area (Å²) in [6, 6.07) is 16.4. The van der Waals surface area contributed by atoms with Crippen molar-refractivity contribution in [3.05, 3.63) is 87.4 Å². The number of fused-ring (bicyclic) bond motifs is 1. The van der Waals surface area contributed by atoms with Gasteiger partial charge in [0.15, 0.2) is 6.61 Å². The number of rotatable bonds is 6. The zero-order chi connectivity index (χ0) is 21.3. The molecule has 0 saturated heterocycles. The summed E-state index contributed by atoms with van der Waals surface area (Å²) in [4.78, 5) is 26.4. The lowest BCUT2D eigenvalue weighted by atomic mass is 10.1. The van der Waals surface area contributed by atoms with E-state index >= 15 is 0 Å². The van der Waals surface area contributed by atoms with Gasteiger partial charge >= 0.3 is 5.97 Å². The van der Waals surface area contributed by atoms with Crippen LogP contribution in [0.3, 0.4) is 0 Å². The first-order valence-corrected chi connectivity index (χ1v) is 10.4. The average Bonchev–Trinajstić information content (AvgIpc) is 3.35. The van der Waals surface area contributed by atoms with Crippen molar-refractivity contribution >= 4 is 33.9 Å². The fourth-order valence-electron chi connectivity index (χ4n) is 3.56. The number of hydrogen-bond acceptors (Lipinski definition) is 5. The van der Waals surface area contributed by atoms with Crippen molar-refractivity contribution in [3.63, 3.8) is 0 Å². The molecule has 0 aliphatic heterocycles. The van der Waals surface area contributed by atoms with Gasteiger partial charge in [0, 0.05) is 21.8 Å². The van der Waals surface area contributed by atoms with E-state index in [1.807, 2.05) is 55.6 Å². The van der Waals surface area contributed by atoms with Crippen LogP contribution in [0.15, 0.2) is 60.0 Å². The van der Waals surface area contributed by atoms with Crippen molar-refractivity contribution < 1.29 is 19.4 Å². The highest BCUT2D eigenvalue weighted by molar-refractivity contribution is 7.09. The number of phenols is 1. The molecule has 0 aliphatic carbocycles. The molecule has 2 aromatic heterocycles. The van der Waals surface area contributed by atoms with E-state index in [-0.39, 0.29) is 23.7 Å². The van der Waals surface area contributed by atoms with Crippen molar-refractivity contribution in [1.82, 2.24) is 4.57 Å². The van der Waals surface area contributed by atoms with Crippen LogP contribution in [-0.4, -0.2) is 28.0 Å². The van der Waals surface area contributed by atoms with Crippen molar-refractivity contribution in [3.8, 4) is 5.75 Å². The molecule has 0 unspecified atom stereocenters. The molecule has 0 fully saturated rings. The van der Waals surface area contributed by atoms with Crippen molar-refractivity contribution in [1.29, 1.82) is 0 Å². The van der Waals surface area contributed by atoms with Gasteiger partial charge in [-0.1, -0.05) is 30.3 Å². The molecule has 4 rings (SSSR count). The number of ketones is 1. The maximum atomic E-state index is 12.7. The number of esters is 1. The summed E-state index contributed by atoms with van der Waals surface area (Å²) in [5, 5.41) is 13.8. The summed E-state index contributed by atoms with van der Waals surface area (Å²) >= 11 is 1.67. The highest BCUT2D eigenvalue weighted by atomic mass is 32.1. The van der Waals surface area contributed by atoms with Crippen LogP contribution in [0.25, 0.3) is 10.8 Å². The molecule has 2 aromatic carbocycles. The summed E-state index contributed by atoms with van der Waals surface area (Å²) in [7, 11) is 0. The number of hydrogen-bond donors (Lipinski definition) is 1. The number of ether oxygens (including phenoxy) is 1. The first-order chi connectivity index (χ1) is 14.4. The number of aromatic hydroxyl groups is 1. The van der Waals surface area contributed by atoms with Crippen LogP contribution < -0.4 is 0 Å². The molecule has 0 amide bonds. The Labute approximate surface area is 178 Å². The van der Waals surface area contributed by atoms with E-state index in [1.54, 1.807) is 17.4 Å². The first-order valence-electron chi connectivity index (χ1n) is 9.55. The van der Waals surface area contributed by atoms with E-state index in [2.05, 4.69) is 10.6 Å². The van der Waals surface area contributed by atoms with Crippen LogP contribution in [0.2, 0.25) is 0 Å².